The fourth-order valence-corrected chi connectivity index (χ4v) is 6.91. The molecule has 3 fully saturated rings. The van der Waals surface area contributed by atoms with Crippen molar-refractivity contribution < 1.29 is 43.5 Å². The van der Waals surface area contributed by atoms with Crippen molar-refractivity contribution in [1.82, 2.24) is 0 Å². The minimum atomic E-state index is -0.798. The number of ether oxygens (including phenoxy) is 5. The Morgan fingerprint density at radius 3 is 2.63 bits per heavy atom. The van der Waals surface area contributed by atoms with Crippen molar-refractivity contribution in [2.75, 3.05) is 26.4 Å². The zero-order chi connectivity index (χ0) is 27.1. The molecule has 0 radical (unpaired) electrons. The number of epoxide rings is 1. The van der Waals surface area contributed by atoms with Gasteiger partial charge in [-0.15, -0.1) is 0 Å². The number of hydrogen-bond acceptors (Lipinski definition) is 9. The average Bonchev–Trinajstić information content (AvgIpc) is 3.66. The molecule has 2 spiro atoms. The van der Waals surface area contributed by atoms with Crippen molar-refractivity contribution in [2.24, 2.45) is 10.8 Å². The van der Waals surface area contributed by atoms with Crippen LogP contribution in [0, 0.1) is 10.8 Å². The van der Waals surface area contributed by atoms with Gasteiger partial charge in [-0.2, -0.15) is 0 Å². The van der Waals surface area contributed by atoms with Crippen LogP contribution in [0.15, 0.2) is 47.6 Å². The van der Waals surface area contributed by atoms with Crippen LogP contribution < -0.4 is 0 Å². The minimum absolute atomic E-state index is 0.0665. The van der Waals surface area contributed by atoms with Crippen molar-refractivity contribution in [3.05, 3.63) is 47.6 Å². The molecule has 3 heterocycles. The van der Waals surface area contributed by atoms with Crippen LogP contribution in [-0.2, 0) is 33.3 Å². The number of cyclic esters (lactones) is 1. The van der Waals surface area contributed by atoms with Gasteiger partial charge in [0, 0.05) is 24.0 Å². The van der Waals surface area contributed by atoms with E-state index in [2.05, 4.69) is 19.9 Å². The SMILES string of the molecule is CC1=CC2OC3CC4OC(=O)C=CC=CC(C(C)O)OCCC(CO)=CC(=O)OCC2(CC1)C4(C)C31CO1. The molecule has 2 saturated heterocycles. The number of aliphatic hydroxyl groups is 2. The first kappa shape index (κ1) is 27.3. The Labute approximate surface area is 223 Å². The van der Waals surface area contributed by atoms with E-state index in [0.29, 0.717) is 31.4 Å². The number of allylic oxidation sites excluding steroid dienone is 3. The first-order valence-electron chi connectivity index (χ1n) is 13.4. The van der Waals surface area contributed by atoms with E-state index >= 15 is 0 Å². The van der Waals surface area contributed by atoms with Gasteiger partial charge in [0.25, 0.3) is 0 Å². The Kier molecular flexibility index (Phi) is 7.43. The Hall–Kier alpha value is -2.30. The Balaban J connectivity index is 1.52. The van der Waals surface area contributed by atoms with E-state index in [1.54, 1.807) is 25.2 Å². The van der Waals surface area contributed by atoms with E-state index in [0.717, 1.165) is 6.42 Å². The molecule has 8 unspecified atom stereocenters. The van der Waals surface area contributed by atoms with E-state index in [9.17, 15) is 19.8 Å². The van der Waals surface area contributed by atoms with Crippen molar-refractivity contribution in [3.63, 3.8) is 0 Å². The number of carbonyl (C=O) groups is 2. The Morgan fingerprint density at radius 1 is 1.13 bits per heavy atom. The molecule has 38 heavy (non-hydrogen) atoms. The largest absolute Gasteiger partial charge is 0.462 e. The third-order valence-corrected chi connectivity index (χ3v) is 9.33. The molecule has 0 aromatic rings. The molecule has 2 N–H and O–H groups in total. The van der Waals surface area contributed by atoms with Gasteiger partial charge in [0.1, 0.15) is 24.4 Å². The molecular weight excluding hydrogens is 492 g/mol. The van der Waals surface area contributed by atoms with Gasteiger partial charge >= 0.3 is 11.9 Å². The number of esters is 2. The maximum atomic E-state index is 13.0. The summed E-state index contributed by atoms with van der Waals surface area (Å²) in [6, 6.07) is 0. The molecule has 2 bridgehead atoms. The van der Waals surface area contributed by atoms with Crippen LogP contribution in [-0.4, -0.2) is 84.7 Å². The summed E-state index contributed by atoms with van der Waals surface area (Å²) in [5.41, 5.74) is -0.225. The summed E-state index contributed by atoms with van der Waals surface area (Å²) in [6.07, 6.45) is 9.45. The normalized spacial score (nSPS) is 42.2. The molecule has 2 aliphatic carbocycles. The highest BCUT2D eigenvalue weighted by Gasteiger charge is 2.83. The lowest BCUT2D eigenvalue weighted by molar-refractivity contribution is -0.232. The first-order chi connectivity index (χ1) is 18.1. The molecule has 5 aliphatic rings. The van der Waals surface area contributed by atoms with Crippen LogP contribution in [0.1, 0.15) is 46.5 Å². The summed E-state index contributed by atoms with van der Waals surface area (Å²) in [4.78, 5) is 25.9. The number of carbonyl (C=O) groups excluding carboxylic acids is 2. The molecule has 1 saturated carbocycles. The number of aliphatic hydroxyl groups excluding tert-OH is 2. The summed E-state index contributed by atoms with van der Waals surface area (Å²) < 4.78 is 30.4. The van der Waals surface area contributed by atoms with Gasteiger partial charge in [-0.25, -0.2) is 9.59 Å². The van der Waals surface area contributed by atoms with Crippen LogP contribution in [0.25, 0.3) is 0 Å². The zero-order valence-electron chi connectivity index (χ0n) is 22.3. The second-order valence-electron chi connectivity index (χ2n) is 11.4. The molecule has 0 amide bonds. The van der Waals surface area contributed by atoms with Crippen molar-refractivity contribution >= 4 is 11.9 Å². The predicted molar refractivity (Wildman–Crippen MR) is 136 cm³/mol. The van der Waals surface area contributed by atoms with E-state index in [4.69, 9.17) is 23.7 Å². The predicted octanol–water partition coefficient (Wildman–Crippen LogP) is 2.32. The van der Waals surface area contributed by atoms with Crippen LogP contribution in [0.5, 0.6) is 0 Å². The van der Waals surface area contributed by atoms with Gasteiger partial charge in [0.15, 0.2) is 0 Å². The van der Waals surface area contributed by atoms with Gasteiger partial charge in [0.2, 0.25) is 0 Å². The monoisotopic (exact) mass is 530 g/mol. The van der Waals surface area contributed by atoms with Crippen LogP contribution in [0.4, 0.5) is 0 Å². The van der Waals surface area contributed by atoms with E-state index in [1.807, 2.05) is 0 Å². The van der Waals surface area contributed by atoms with Gasteiger partial charge in [-0.05, 0) is 38.7 Å². The summed E-state index contributed by atoms with van der Waals surface area (Å²) >= 11 is 0. The third kappa shape index (κ3) is 4.48. The molecule has 9 heteroatoms. The van der Waals surface area contributed by atoms with E-state index < -0.39 is 46.7 Å². The molecule has 208 valence electrons. The van der Waals surface area contributed by atoms with Gasteiger partial charge in [-0.1, -0.05) is 36.8 Å². The molecular formula is C29H38O9. The lowest BCUT2D eigenvalue weighted by Gasteiger charge is -2.58. The quantitative estimate of drug-likeness (QED) is 0.314. The summed E-state index contributed by atoms with van der Waals surface area (Å²) in [6.45, 7) is 6.19. The van der Waals surface area contributed by atoms with Gasteiger partial charge in [-0.3, -0.25) is 0 Å². The van der Waals surface area contributed by atoms with Crippen LogP contribution >= 0.6 is 0 Å². The van der Waals surface area contributed by atoms with Crippen LogP contribution in [0.3, 0.4) is 0 Å². The summed E-state index contributed by atoms with van der Waals surface area (Å²) in [5, 5.41) is 19.9. The van der Waals surface area contributed by atoms with Gasteiger partial charge in [0.05, 0.1) is 43.5 Å². The molecule has 3 aliphatic heterocycles. The number of hydrogen-bond donors (Lipinski definition) is 2. The summed E-state index contributed by atoms with van der Waals surface area (Å²) in [5.74, 6) is -1.05. The molecule has 0 aromatic heterocycles. The number of rotatable bonds is 2. The molecule has 8 atom stereocenters. The second kappa shape index (κ2) is 10.4. The van der Waals surface area contributed by atoms with E-state index in [-0.39, 0.29) is 32.0 Å². The topological polar surface area (TPSA) is 124 Å². The minimum Gasteiger partial charge on any atom is -0.462 e. The standard InChI is InChI=1S/C29H38O9/c1-18-8-10-28-16-35-26(33)13-20(15-30)9-11-34-21(19(2)31)6-4-5-7-25(32)38-22-14-24(37-23(28)12-18)29(17-36-29)27(22,28)3/h4-7,12-13,19,21-24,30-31H,8-11,14-17H2,1-3H3. The first-order valence-corrected chi connectivity index (χ1v) is 13.4. The van der Waals surface area contributed by atoms with Crippen molar-refractivity contribution in [1.29, 1.82) is 0 Å². The Morgan fingerprint density at radius 2 is 1.92 bits per heavy atom. The fourth-order valence-electron chi connectivity index (χ4n) is 6.91. The Bertz CT molecular complexity index is 1070. The van der Waals surface area contributed by atoms with Crippen molar-refractivity contribution in [2.45, 2.75) is 82.6 Å². The lowest BCUT2D eigenvalue weighted by atomic mass is 9.51. The maximum Gasteiger partial charge on any atom is 0.331 e. The summed E-state index contributed by atoms with van der Waals surface area (Å²) in [7, 11) is 0. The van der Waals surface area contributed by atoms with Gasteiger partial charge < -0.3 is 33.9 Å². The van der Waals surface area contributed by atoms with E-state index in [1.165, 1.54) is 17.7 Å². The zero-order valence-corrected chi connectivity index (χ0v) is 22.3. The molecule has 5 rings (SSSR count). The highest BCUT2D eigenvalue weighted by molar-refractivity contribution is 5.83. The molecule has 0 aromatic carbocycles. The second-order valence-corrected chi connectivity index (χ2v) is 11.4. The molecule has 9 nitrogen and oxygen atoms in total. The third-order valence-electron chi connectivity index (χ3n) is 9.33. The highest BCUT2D eigenvalue weighted by atomic mass is 16.6. The fraction of sp³-hybridized carbons (Fsp3) is 0.655. The smallest absolute Gasteiger partial charge is 0.331 e. The highest BCUT2D eigenvalue weighted by Crippen LogP contribution is 2.72. The maximum absolute atomic E-state index is 13.0. The van der Waals surface area contributed by atoms with Crippen molar-refractivity contribution in [3.8, 4) is 0 Å². The van der Waals surface area contributed by atoms with Crippen LogP contribution in [0.2, 0.25) is 0 Å². The average molecular weight is 531 g/mol. The lowest BCUT2D eigenvalue weighted by Crippen LogP contribution is -2.66.